The minimum atomic E-state index is -0.340. The van der Waals surface area contributed by atoms with Gasteiger partial charge in [-0.2, -0.15) is 5.10 Å². The molecule has 0 radical (unpaired) electrons. The van der Waals surface area contributed by atoms with Gasteiger partial charge in [0.15, 0.2) is 11.5 Å². The summed E-state index contributed by atoms with van der Waals surface area (Å²) in [6.45, 7) is 4.46. The number of Topliss-reactive ketones (excluding diaryl/α,β-unsaturated/α-hetero) is 1. The number of carbonyl (C=O) groups is 2. The molecule has 0 atom stereocenters. The number of hydrogen-bond acceptors (Lipinski definition) is 6. The summed E-state index contributed by atoms with van der Waals surface area (Å²) in [7, 11) is 1.78. The summed E-state index contributed by atoms with van der Waals surface area (Å²) >= 11 is 0. The van der Waals surface area contributed by atoms with Crippen molar-refractivity contribution >= 4 is 28.5 Å². The number of aromatic nitrogens is 4. The van der Waals surface area contributed by atoms with E-state index in [0.29, 0.717) is 28.2 Å². The number of amides is 1. The minimum absolute atomic E-state index is 0.0957. The number of nitrogens with zero attached hydrogens (tertiary/aromatic N) is 4. The van der Waals surface area contributed by atoms with E-state index in [4.69, 9.17) is 0 Å². The molecule has 9 heteroatoms. The maximum atomic E-state index is 13.5. The van der Waals surface area contributed by atoms with Crippen molar-refractivity contribution in [3.05, 3.63) is 47.2 Å². The van der Waals surface area contributed by atoms with Gasteiger partial charge >= 0.3 is 0 Å². The lowest BCUT2D eigenvalue weighted by Gasteiger charge is -2.52. The van der Waals surface area contributed by atoms with Gasteiger partial charge in [-0.3, -0.25) is 14.3 Å². The molecule has 0 aliphatic heterocycles. The topological polar surface area (TPSA) is 102 Å². The lowest BCUT2D eigenvalue weighted by atomic mass is 9.52. The summed E-state index contributed by atoms with van der Waals surface area (Å²) < 4.78 is 15.2. The van der Waals surface area contributed by atoms with Gasteiger partial charge in [0, 0.05) is 25.6 Å². The zero-order valence-corrected chi connectivity index (χ0v) is 20.4. The molecule has 2 heterocycles. The molecule has 1 aromatic carbocycles. The van der Waals surface area contributed by atoms with Crippen molar-refractivity contribution < 1.29 is 14.0 Å². The fraction of sp³-hybridized carbons (Fsp3) is 0.500. The first-order valence-corrected chi connectivity index (χ1v) is 12.2. The number of hydrogen-bond donors (Lipinski definition) is 2. The van der Waals surface area contributed by atoms with Gasteiger partial charge < -0.3 is 10.6 Å². The van der Waals surface area contributed by atoms with Gasteiger partial charge in [0.05, 0.1) is 0 Å². The normalized spacial score (nSPS) is 23.4. The highest BCUT2D eigenvalue weighted by molar-refractivity contribution is 6.05. The maximum Gasteiger partial charge on any atom is 0.272 e. The van der Waals surface area contributed by atoms with Crippen LogP contribution in [-0.4, -0.2) is 38.0 Å². The SMILES string of the molecule is CC(=O)C12CCC(CNc3nn(C)c4c(C(=O)NCc5ccc(F)c(C)c5)ncnc34)(CC1)CC2. The molecule has 3 aliphatic rings. The average Bonchev–Trinajstić information content (AvgIpc) is 3.20. The monoisotopic (exact) mass is 478 g/mol. The fourth-order valence-corrected chi connectivity index (χ4v) is 5.80. The van der Waals surface area contributed by atoms with Gasteiger partial charge in [0.25, 0.3) is 5.91 Å². The number of carbonyl (C=O) groups excluding carboxylic acids is 2. The maximum absolute atomic E-state index is 13.5. The Morgan fingerprint density at radius 2 is 1.83 bits per heavy atom. The Kier molecular flexibility index (Phi) is 5.81. The van der Waals surface area contributed by atoms with E-state index in [2.05, 4.69) is 25.7 Å². The fourth-order valence-electron chi connectivity index (χ4n) is 5.80. The number of rotatable bonds is 7. The van der Waals surface area contributed by atoms with Crippen molar-refractivity contribution in [3.63, 3.8) is 0 Å². The molecule has 0 unspecified atom stereocenters. The molecule has 3 fully saturated rings. The van der Waals surface area contributed by atoms with Crippen LogP contribution in [0.5, 0.6) is 0 Å². The number of benzene rings is 1. The molecule has 2 bridgehead atoms. The van der Waals surface area contributed by atoms with E-state index in [1.165, 1.54) is 12.4 Å². The second-order valence-electron chi connectivity index (χ2n) is 10.3. The second-order valence-corrected chi connectivity index (χ2v) is 10.3. The Balaban J connectivity index is 1.31. The van der Waals surface area contributed by atoms with E-state index in [1.54, 1.807) is 37.7 Å². The highest BCUT2D eigenvalue weighted by Gasteiger charge is 2.50. The van der Waals surface area contributed by atoms with E-state index in [0.717, 1.165) is 50.6 Å². The van der Waals surface area contributed by atoms with Crippen LogP contribution in [0, 0.1) is 23.6 Å². The van der Waals surface area contributed by atoms with Gasteiger partial charge in [0.1, 0.15) is 29.0 Å². The summed E-state index contributed by atoms with van der Waals surface area (Å²) in [6.07, 6.45) is 7.39. The summed E-state index contributed by atoms with van der Waals surface area (Å²) in [4.78, 5) is 33.8. The number of halogens is 1. The van der Waals surface area contributed by atoms with Crippen LogP contribution < -0.4 is 10.6 Å². The molecular formula is C26H31FN6O2. The van der Waals surface area contributed by atoms with Crippen LogP contribution in [0.15, 0.2) is 24.5 Å². The molecule has 184 valence electrons. The van der Waals surface area contributed by atoms with Crippen molar-refractivity contribution in [1.29, 1.82) is 0 Å². The standard InChI is InChI=1S/C26H31FN6O2/c1-16-12-18(4-5-19(16)27)13-28-24(35)21-22-20(30-15-31-21)23(32-33(22)3)29-14-25-6-9-26(10-7-25,11-8-25)17(2)34/h4-5,12,15H,6-11,13-14H2,1-3H3,(H,28,35)(H,29,32). The summed E-state index contributed by atoms with van der Waals surface area (Å²) in [6, 6.07) is 4.77. The van der Waals surface area contributed by atoms with E-state index in [1.807, 2.05) is 0 Å². The van der Waals surface area contributed by atoms with Crippen LogP contribution in [0.2, 0.25) is 0 Å². The first-order chi connectivity index (χ1) is 16.7. The van der Waals surface area contributed by atoms with Crippen LogP contribution in [0.1, 0.15) is 67.1 Å². The van der Waals surface area contributed by atoms with E-state index in [9.17, 15) is 14.0 Å². The van der Waals surface area contributed by atoms with Gasteiger partial charge in [-0.1, -0.05) is 12.1 Å². The van der Waals surface area contributed by atoms with Crippen molar-refractivity contribution in [3.8, 4) is 0 Å². The van der Waals surface area contributed by atoms with Gasteiger partial charge in [-0.15, -0.1) is 0 Å². The molecule has 35 heavy (non-hydrogen) atoms. The predicted molar refractivity (Wildman–Crippen MR) is 130 cm³/mol. The molecule has 8 nitrogen and oxygen atoms in total. The number of nitrogens with one attached hydrogen (secondary N) is 2. The molecule has 1 amide bonds. The smallest absolute Gasteiger partial charge is 0.272 e. The van der Waals surface area contributed by atoms with Crippen LogP contribution in [-0.2, 0) is 18.4 Å². The zero-order valence-electron chi connectivity index (χ0n) is 20.4. The van der Waals surface area contributed by atoms with Gasteiger partial charge in [-0.05, 0) is 75.0 Å². The number of anilines is 1. The van der Waals surface area contributed by atoms with Gasteiger partial charge in [0.2, 0.25) is 0 Å². The quantitative estimate of drug-likeness (QED) is 0.531. The van der Waals surface area contributed by atoms with Crippen LogP contribution in [0.4, 0.5) is 10.2 Å². The third kappa shape index (κ3) is 4.17. The highest BCUT2D eigenvalue weighted by Crippen LogP contribution is 2.57. The minimum Gasteiger partial charge on any atom is -0.366 e. The Morgan fingerprint density at radius 1 is 1.11 bits per heavy atom. The third-order valence-corrected chi connectivity index (χ3v) is 8.29. The molecule has 2 N–H and O–H groups in total. The molecule has 0 saturated heterocycles. The van der Waals surface area contributed by atoms with Crippen molar-refractivity contribution in [2.24, 2.45) is 17.9 Å². The van der Waals surface area contributed by atoms with Crippen molar-refractivity contribution in [2.45, 2.75) is 58.9 Å². The van der Waals surface area contributed by atoms with E-state index >= 15 is 0 Å². The Morgan fingerprint density at radius 3 is 2.49 bits per heavy atom. The largest absolute Gasteiger partial charge is 0.366 e. The van der Waals surface area contributed by atoms with Gasteiger partial charge in [-0.25, -0.2) is 14.4 Å². The molecule has 3 aliphatic carbocycles. The van der Waals surface area contributed by atoms with Crippen LogP contribution in [0.25, 0.3) is 11.0 Å². The highest BCUT2D eigenvalue weighted by atomic mass is 19.1. The third-order valence-electron chi connectivity index (χ3n) is 8.29. The average molecular weight is 479 g/mol. The molecule has 2 aromatic heterocycles. The molecule has 6 rings (SSSR count). The summed E-state index contributed by atoms with van der Waals surface area (Å²) in [5.41, 5.74) is 2.82. The van der Waals surface area contributed by atoms with Crippen LogP contribution >= 0.6 is 0 Å². The molecule has 0 spiro atoms. The Hall–Kier alpha value is -3.36. The summed E-state index contributed by atoms with van der Waals surface area (Å²) in [5, 5.41) is 11.0. The molecular weight excluding hydrogens is 447 g/mol. The first kappa shape index (κ1) is 23.4. The molecule has 3 aromatic rings. The second kappa shape index (κ2) is 8.70. The first-order valence-electron chi connectivity index (χ1n) is 12.2. The lowest BCUT2D eigenvalue weighted by Crippen LogP contribution is -2.47. The number of fused-ring (bicyclic) bond motifs is 4. The number of aryl methyl sites for hydroxylation is 2. The van der Waals surface area contributed by atoms with E-state index < -0.39 is 0 Å². The van der Waals surface area contributed by atoms with Crippen molar-refractivity contribution in [1.82, 2.24) is 25.1 Å². The van der Waals surface area contributed by atoms with Crippen molar-refractivity contribution in [2.75, 3.05) is 11.9 Å². The van der Waals surface area contributed by atoms with Crippen LogP contribution in [0.3, 0.4) is 0 Å². The lowest BCUT2D eigenvalue weighted by molar-refractivity contribution is -0.135. The Labute approximate surface area is 203 Å². The van der Waals surface area contributed by atoms with E-state index in [-0.39, 0.29) is 34.8 Å². The zero-order chi connectivity index (χ0) is 24.8. The predicted octanol–water partition coefficient (Wildman–Crippen LogP) is 4.08. The molecule has 3 saturated carbocycles. The summed E-state index contributed by atoms with van der Waals surface area (Å²) in [5.74, 6) is 0.363. The number of ketones is 1. The Bertz CT molecular complexity index is 1290.